The second-order valence-electron chi connectivity index (χ2n) is 8.10. The standard InChI is InChI=1S/C25H30N4O2/c1-18(27-14-6-13-26)25(31)28-24-10-9-22(17-23(24)21-7-4-3-5-8-21)20-11-15-29(16-12-20)19(2)30/h6-7,9-10,14,17,20,27H,1,3-5,8,11-12,15-16H2,2H3,(H,28,31)/b14-6+. The van der Waals surface area contributed by atoms with Crippen LogP contribution in [0, 0.1) is 11.3 Å². The van der Waals surface area contributed by atoms with Gasteiger partial charge in [0, 0.05) is 43.5 Å². The van der Waals surface area contributed by atoms with Gasteiger partial charge in [0.25, 0.3) is 5.91 Å². The summed E-state index contributed by atoms with van der Waals surface area (Å²) < 4.78 is 0. The lowest BCUT2D eigenvalue weighted by molar-refractivity contribution is -0.129. The van der Waals surface area contributed by atoms with Gasteiger partial charge >= 0.3 is 0 Å². The van der Waals surface area contributed by atoms with Gasteiger partial charge < -0.3 is 15.5 Å². The Morgan fingerprint density at radius 3 is 2.68 bits per heavy atom. The zero-order valence-corrected chi connectivity index (χ0v) is 18.1. The molecular weight excluding hydrogens is 388 g/mol. The molecule has 0 unspecified atom stereocenters. The fourth-order valence-electron chi connectivity index (χ4n) is 4.24. The molecule has 1 aliphatic heterocycles. The van der Waals surface area contributed by atoms with Gasteiger partial charge in [-0.05, 0) is 67.7 Å². The number of likely N-dealkylation sites (tertiary alicyclic amines) is 1. The summed E-state index contributed by atoms with van der Waals surface area (Å²) in [5, 5.41) is 14.3. The number of hydrogen-bond donors (Lipinski definition) is 2. The van der Waals surface area contributed by atoms with Crippen LogP contribution in [0.5, 0.6) is 0 Å². The Hall–Kier alpha value is -3.33. The van der Waals surface area contributed by atoms with E-state index in [0.29, 0.717) is 5.92 Å². The summed E-state index contributed by atoms with van der Waals surface area (Å²) in [5.74, 6) is 0.224. The molecule has 0 aromatic heterocycles. The smallest absolute Gasteiger partial charge is 0.271 e. The molecule has 6 nitrogen and oxygen atoms in total. The van der Waals surface area contributed by atoms with Gasteiger partial charge in [0.1, 0.15) is 0 Å². The average molecular weight is 419 g/mol. The highest BCUT2D eigenvalue weighted by Gasteiger charge is 2.23. The van der Waals surface area contributed by atoms with E-state index in [9.17, 15) is 9.59 Å². The van der Waals surface area contributed by atoms with E-state index in [4.69, 9.17) is 5.26 Å². The number of anilines is 1. The summed E-state index contributed by atoms with van der Waals surface area (Å²) in [5.41, 5.74) is 4.55. The number of amides is 2. The Morgan fingerprint density at radius 1 is 1.26 bits per heavy atom. The molecule has 2 N–H and O–H groups in total. The van der Waals surface area contributed by atoms with Crippen molar-refractivity contribution in [3.8, 4) is 6.07 Å². The molecule has 0 bridgehead atoms. The first kappa shape index (κ1) is 22.4. The van der Waals surface area contributed by atoms with Crippen LogP contribution >= 0.6 is 0 Å². The van der Waals surface area contributed by atoms with E-state index >= 15 is 0 Å². The first-order chi connectivity index (χ1) is 15.0. The predicted octanol–water partition coefficient (Wildman–Crippen LogP) is 4.45. The largest absolute Gasteiger partial charge is 0.357 e. The van der Waals surface area contributed by atoms with E-state index in [1.807, 2.05) is 17.0 Å². The molecule has 3 rings (SSSR count). The van der Waals surface area contributed by atoms with Crippen molar-refractivity contribution in [2.24, 2.45) is 0 Å². The van der Waals surface area contributed by atoms with Gasteiger partial charge in [0.05, 0.1) is 11.8 Å². The number of hydrogen-bond acceptors (Lipinski definition) is 4. The second-order valence-corrected chi connectivity index (χ2v) is 8.10. The van der Waals surface area contributed by atoms with Gasteiger partial charge in [0.15, 0.2) is 0 Å². The van der Waals surface area contributed by atoms with Crippen molar-refractivity contribution in [2.45, 2.75) is 51.4 Å². The molecule has 162 valence electrons. The van der Waals surface area contributed by atoms with Gasteiger partial charge in [-0.25, -0.2) is 0 Å². The van der Waals surface area contributed by atoms with Gasteiger partial charge in [0.2, 0.25) is 5.91 Å². The number of nitrogens with one attached hydrogen (secondary N) is 2. The summed E-state index contributed by atoms with van der Waals surface area (Å²) in [7, 11) is 0. The van der Waals surface area contributed by atoms with Crippen molar-refractivity contribution in [1.29, 1.82) is 5.26 Å². The molecular formula is C25H30N4O2. The maximum atomic E-state index is 12.6. The first-order valence-electron chi connectivity index (χ1n) is 10.9. The highest BCUT2D eigenvalue weighted by molar-refractivity contribution is 6.04. The highest BCUT2D eigenvalue weighted by Crippen LogP contribution is 2.36. The van der Waals surface area contributed by atoms with Crippen LogP contribution in [0.2, 0.25) is 0 Å². The second kappa shape index (κ2) is 10.6. The Balaban J connectivity index is 1.81. The van der Waals surface area contributed by atoms with Crippen molar-refractivity contribution in [2.75, 3.05) is 18.4 Å². The number of carbonyl (C=O) groups excluding carboxylic acids is 2. The Morgan fingerprint density at radius 2 is 2.03 bits per heavy atom. The predicted molar refractivity (Wildman–Crippen MR) is 123 cm³/mol. The minimum Gasteiger partial charge on any atom is -0.357 e. The normalized spacial score (nSPS) is 17.0. The SMILES string of the molecule is C=C(N/C=C/C#N)C(=O)Nc1ccc(C2CCN(C(C)=O)CC2)cc1C1=CCCCC1. The zero-order valence-electron chi connectivity index (χ0n) is 18.1. The third-order valence-electron chi connectivity index (χ3n) is 6.03. The summed E-state index contributed by atoms with van der Waals surface area (Å²) in [6.07, 6.45) is 11.2. The van der Waals surface area contributed by atoms with Crippen molar-refractivity contribution in [3.63, 3.8) is 0 Å². The third-order valence-corrected chi connectivity index (χ3v) is 6.03. The molecule has 1 aliphatic carbocycles. The van der Waals surface area contributed by atoms with Crippen LogP contribution < -0.4 is 10.6 Å². The Labute approximate surface area is 184 Å². The molecule has 0 atom stereocenters. The fourth-order valence-corrected chi connectivity index (χ4v) is 4.24. The number of rotatable bonds is 6. The molecule has 1 saturated heterocycles. The van der Waals surface area contributed by atoms with Crippen molar-refractivity contribution >= 4 is 23.1 Å². The Bertz CT molecular complexity index is 947. The van der Waals surface area contributed by atoms with Crippen LogP contribution in [0.4, 0.5) is 5.69 Å². The lowest BCUT2D eigenvalue weighted by Crippen LogP contribution is -2.36. The molecule has 2 aliphatic rings. The number of carbonyl (C=O) groups is 2. The molecule has 0 radical (unpaired) electrons. The molecule has 31 heavy (non-hydrogen) atoms. The van der Waals surface area contributed by atoms with E-state index in [-0.39, 0.29) is 17.5 Å². The molecule has 6 heteroatoms. The van der Waals surface area contributed by atoms with Crippen LogP contribution in [0.1, 0.15) is 62.5 Å². The molecule has 0 saturated carbocycles. The fraction of sp³-hybridized carbons (Fsp3) is 0.400. The number of piperidine rings is 1. The van der Waals surface area contributed by atoms with E-state index < -0.39 is 0 Å². The topological polar surface area (TPSA) is 85.2 Å². The van der Waals surface area contributed by atoms with E-state index in [2.05, 4.69) is 35.4 Å². The molecule has 1 heterocycles. The van der Waals surface area contributed by atoms with Gasteiger partial charge in [-0.3, -0.25) is 9.59 Å². The molecule has 1 fully saturated rings. The minimum atomic E-state index is -0.331. The lowest BCUT2D eigenvalue weighted by atomic mass is 9.85. The molecule has 1 aromatic carbocycles. The van der Waals surface area contributed by atoms with Crippen LogP contribution in [0.15, 0.2) is 48.8 Å². The summed E-state index contributed by atoms with van der Waals surface area (Å²) in [6, 6.07) is 8.15. The van der Waals surface area contributed by atoms with Crippen molar-refractivity contribution in [3.05, 3.63) is 60.0 Å². The number of nitrogens with zero attached hydrogens (tertiary/aromatic N) is 2. The molecule has 1 aromatic rings. The van der Waals surface area contributed by atoms with Crippen LogP contribution in [-0.4, -0.2) is 29.8 Å². The van der Waals surface area contributed by atoms with Crippen LogP contribution in [0.25, 0.3) is 5.57 Å². The minimum absolute atomic E-state index is 0.142. The van der Waals surface area contributed by atoms with Crippen LogP contribution in [-0.2, 0) is 9.59 Å². The lowest BCUT2D eigenvalue weighted by Gasteiger charge is -2.32. The number of benzene rings is 1. The average Bonchev–Trinajstić information content (AvgIpc) is 2.80. The summed E-state index contributed by atoms with van der Waals surface area (Å²) >= 11 is 0. The van der Waals surface area contributed by atoms with Crippen molar-refractivity contribution in [1.82, 2.24) is 10.2 Å². The van der Waals surface area contributed by atoms with Gasteiger partial charge in [-0.1, -0.05) is 18.7 Å². The highest BCUT2D eigenvalue weighted by atomic mass is 16.2. The quantitative estimate of drug-likeness (QED) is 0.528. The van der Waals surface area contributed by atoms with E-state index in [1.54, 1.807) is 6.92 Å². The summed E-state index contributed by atoms with van der Waals surface area (Å²) in [4.78, 5) is 26.1. The maximum Gasteiger partial charge on any atom is 0.271 e. The van der Waals surface area contributed by atoms with Crippen LogP contribution in [0.3, 0.4) is 0 Å². The molecule has 0 spiro atoms. The van der Waals surface area contributed by atoms with E-state index in [1.165, 1.54) is 29.8 Å². The number of nitriles is 1. The van der Waals surface area contributed by atoms with Crippen molar-refractivity contribution < 1.29 is 9.59 Å². The van der Waals surface area contributed by atoms with Gasteiger partial charge in [-0.2, -0.15) is 5.26 Å². The molecule has 2 amide bonds. The summed E-state index contributed by atoms with van der Waals surface area (Å²) in [6.45, 7) is 6.96. The first-order valence-corrected chi connectivity index (χ1v) is 10.9. The van der Waals surface area contributed by atoms with E-state index in [0.717, 1.165) is 56.4 Å². The number of allylic oxidation sites excluding steroid dienone is 3. The maximum absolute atomic E-state index is 12.6. The zero-order chi connectivity index (χ0) is 22.2. The monoisotopic (exact) mass is 418 g/mol. The van der Waals surface area contributed by atoms with Gasteiger partial charge in [-0.15, -0.1) is 0 Å². The third kappa shape index (κ3) is 5.85. The Kier molecular flexibility index (Phi) is 7.66.